The Morgan fingerprint density at radius 2 is 1.61 bits per heavy atom. The van der Waals surface area contributed by atoms with E-state index >= 15 is 0 Å². The Balaban J connectivity index is 1.74. The van der Waals surface area contributed by atoms with Crippen molar-refractivity contribution in [2.75, 3.05) is 5.32 Å². The van der Waals surface area contributed by atoms with Crippen molar-refractivity contribution in [1.29, 1.82) is 0 Å². The van der Waals surface area contributed by atoms with Gasteiger partial charge in [0.25, 0.3) is 0 Å². The van der Waals surface area contributed by atoms with Crippen molar-refractivity contribution in [3.05, 3.63) is 94.2 Å². The van der Waals surface area contributed by atoms with Gasteiger partial charge in [0.1, 0.15) is 5.82 Å². The van der Waals surface area contributed by atoms with Crippen LogP contribution < -0.4 is 5.32 Å². The zero-order valence-corrected chi connectivity index (χ0v) is 18.9. The summed E-state index contributed by atoms with van der Waals surface area (Å²) in [6, 6.07) is 19.6. The first-order valence-corrected chi connectivity index (χ1v) is 11.7. The van der Waals surface area contributed by atoms with Gasteiger partial charge >= 0.3 is 0 Å². The number of sulfone groups is 1. The van der Waals surface area contributed by atoms with Crippen molar-refractivity contribution in [2.45, 2.75) is 23.4 Å². The number of benzene rings is 3. The molecule has 0 amide bonds. The lowest BCUT2D eigenvalue weighted by molar-refractivity contribution is 0.576. The number of anilines is 1. The molecule has 0 aliphatic rings. The van der Waals surface area contributed by atoms with Crippen molar-refractivity contribution in [2.24, 2.45) is 0 Å². The molecule has 1 heterocycles. The lowest BCUT2D eigenvalue weighted by Crippen LogP contribution is -2.07. The molecule has 0 radical (unpaired) electrons. The molecule has 1 N–H and O–H groups in total. The molecule has 5 nitrogen and oxygen atoms in total. The molecule has 0 fully saturated rings. The molecule has 158 valence electrons. The van der Waals surface area contributed by atoms with E-state index in [4.69, 9.17) is 4.42 Å². The Kier molecular flexibility index (Phi) is 5.93. The average molecular weight is 501 g/mol. The highest BCUT2D eigenvalue weighted by molar-refractivity contribution is 9.10. The molecule has 0 aliphatic carbocycles. The second-order valence-electron chi connectivity index (χ2n) is 6.96. The first kappa shape index (κ1) is 21.3. The van der Waals surface area contributed by atoms with Crippen LogP contribution in [-0.2, 0) is 16.4 Å². The summed E-state index contributed by atoms with van der Waals surface area (Å²) in [5, 5.41) is 2.80. The maximum absolute atomic E-state index is 13.3. The van der Waals surface area contributed by atoms with Crippen molar-refractivity contribution in [1.82, 2.24) is 4.98 Å². The topological polar surface area (TPSA) is 72.2 Å². The third kappa shape index (κ3) is 4.70. The lowest BCUT2D eigenvalue weighted by Gasteiger charge is -2.07. The lowest BCUT2D eigenvalue weighted by atomic mass is 10.1. The van der Waals surface area contributed by atoms with Gasteiger partial charge in [-0.05, 0) is 61.0 Å². The smallest absolute Gasteiger partial charge is 0.234 e. The molecule has 4 rings (SSSR count). The van der Waals surface area contributed by atoms with Crippen molar-refractivity contribution < 1.29 is 17.2 Å². The van der Waals surface area contributed by atoms with Crippen molar-refractivity contribution in [3.63, 3.8) is 0 Å². The number of nitrogens with one attached hydrogen (secondary N) is 1. The summed E-state index contributed by atoms with van der Waals surface area (Å²) in [6.07, 6.45) is 0. The third-order valence-electron chi connectivity index (χ3n) is 4.64. The number of halogens is 2. The first-order valence-electron chi connectivity index (χ1n) is 9.40. The Morgan fingerprint density at radius 3 is 2.26 bits per heavy atom. The first-order chi connectivity index (χ1) is 14.8. The molecule has 0 atom stereocenters. The van der Waals surface area contributed by atoms with Crippen LogP contribution in [0.25, 0.3) is 11.5 Å². The van der Waals surface area contributed by atoms with Gasteiger partial charge in [0.2, 0.25) is 26.6 Å². The fraction of sp³-hybridized carbons (Fsp3) is 0.0870. The summed E-state index contributed by atoms with van der Waals surface area (Å²) in [4.78, 5) is 4.21. The van der Waals surface area contributed by atoms with Crippen LogP contribution in [0.1, 0.15) is 11.1 Å². The third-order valence-corrected chi connectivity index (χ3v) is 6.85. The molecular formula is C23H18BrFN2O3S. The van der Waals surface area contributed by atoms with E-state index < -0.39 is 15.7 Å². The van der Waals surface area contributed by atoms with Gasteiger partial charge in [-0.15, -0.1) is 0 Å². The minimum Gasteiger partial charge on any atom is -0.419 e. The molecule has 1 aromatic heterocycles. The fourth-order valence-electron chi connectivity index (χ4n) is 2.93. The minimum atomic E-state index is -4.04. The van der Waals surface area contributed by atoms with E-state index in [1.165, 1.54) is 12.1 Å². The summed E-state index contributed by atoms with van der Waals surface area (Å²) >= 11 is 3.37. The Labute approximate surface area is 188 Å². The molecule has 0 spiro atoms. The monoisotopic (exact) mass is 500 g/mol. The van der Waals surface area contributed by atoms with E-state index in [2.05, 4.69) is 26.2 Å². The number of aryl methyl sites for hydroxylation is 1. The van der Waals surface area contributed by atoms with E-state index in [9.17, 15) is 12.8 Å². The van der Waals surface area contributed by atoms with Crippen LogP contribution in [0.4, 0.5) is 10.3 Å². The fourth-order valence-corrected chi connectivity index (χ4v) is 4.47. The molecule has 3 aromatic carbocycles. The maximum atomic E-state index is 13.3. The van der Waals surface area contributed by atoms with E-state index in [1.807, 2.05) is 43.3 Å². The summed E-state index contributed by atoms with van der Waals surface area (Å²) < 4.78 is 46.5. The zero-order valence-electron chi connectivity index (χ0n) is 16.5. The van der Waals surface area contributed by atoms with E-state index in [0.717, 1.165) is 27.7 Å². The summed E-state index contributed by atoms with van der Waals surface area (Å²) in [7, 11) is -4.04. The van der Waals surface area contributed by atoms with E-state index in [-0.39, 0.29) is 21.7 Å². The molecule has 0 bridgehead atoms. The molecular weight excluding hydrogens is 483 g/mol. The highest BCUT2D eigenvalue weighted by Gasteiger charge is 2.28. The van der Waals surface area contributed by atoms with Crippen molar-refractivity contribution in [3.8, 4) is 11.5 Å². The Hall–Kier alpha value is -2.97. The summed E-state index contributed by atoms with van der Waals surface area (Å²) in [5.74, 6) is -0.324. The van der Waals surface area contributed by atoms with Crippen LogP contribution in [0.15, 0.2) is 91.6 Å². The molecule has 0 unspecified atom stereocenters. The quantitative estimate of drug-likeness (QED) is 0.329. The second kappa shape index (κ2) is 8.64. The van der Waals surface area contributed by atoms with Crippen LogP contribution >= 0.6 is 15.9 Å². The van der Waals surface area contributed by atoms with E-state index in [1.54, 1.807) is 12.1 Å². The normalized spacial score (nSPS) is 11.5. The van der Waals surface area contributed by atoms with Gasteiger partial charge in [-0.1, -0.05) is 45.8 Å². The van der Waals surface area contributed by atoms with Gasteiger partial charge in [-0.25, -0.2) is 12.8 Å². The number of rotatable bonds is 6. The molecule has 8 heteroatoms. The van der Waals surface area contributed by atoms with Gasteiger partial charge in [-0.2, -0.15) is 4.98 Å². The van der Waals surface area contributed by atoms with Gasteiger partial charge in [0, 0.05) is 16.6 Å². The number of nitrogens with zero attached hydrogens (tertiary/aromatic N) is 1. The molecule has 4 aromatic rings. The van der Waals surface area contributed by atoms with Gasteiger partial charge < -0.3 is 9.73 Å². The van der Waals surface area contributed by atoms with Crippen LogP contribution in [0.5, 0.6) is 0 Å². The van der Waals surface area contributed by atoms with Crippen LogP contribution in [0, 0.1) is 12.7 Å². The van der Waals surface area contributed by atoms with Crippen LogP contribution in [0.2, 0.25) is 0 Å². The largest absolute Gasteiger partial charge is 0.419 e. The zero-order chi connectivity index (χ0) is 22.0. The van der Waals surface area contributed by atoms with Crippen LogP contribution in [0.3, 0.4) is 0 Å². The number of hydrogen-bond donors (Lipinski definition) is 1. The SMILES string of the molecule is Cc1ccc(CNc2oc(-c3ccc(Br)cc3)nc2S(=O)(=O)c2ccc(F)cc2)cc1. The van der Waals surface area contributed by atoms with E-state index in [0.29, 0.717) is 12.1 Å². The van der Waals surface area contributed by atoms with Crippen molar-refractivity contribution >= 4 is 31.7 Å². The highest BCUT2D eigenvalue weighted by Crippen LogP contribution is 2.33. The number of hydrogen-bond acceptors (Lipinski definition) is 5. The maximum Gasteiger partial charge on any atom is 0.234 e. The Bertz CT molecular complexity index is 1300. The predicted molar refractivity (Wildman–Crippen MR) is 120 cm³/mol. The number of oxazole rings is 1. The predicted octanol–water partition coefficient (Wildman–Crippen LogP) is 6.00. The molecule has 0 saturated heterocycles. The van der Waals surface area contributed by atoms with Crippen LogP contribution in [-0.4, -0.2) is 13.4 Å². The van der Waals surface area contributed by atoms with Gasteiger partial charge in [-0.3, -0.25) is 0 Å². The summed E-state index contributed by atoms with van der Waals surface area (Å²) in [5.41, 5.74) is 2.71. The standard InChI is InChI=1S/C23H18BrFN2O3S/c1-15-2-4-16(5-3-15)14-26-22-23(31(28,29)20-12-10-19(25)11-13-20)27-21(30-22)17-6-8-18(24)9-7-17/h2-13,26H,14H2,1H3. The second-order valence-corrected chi connectivity index (χ2v) is 9.74. The molecule has 0 saturated carbocycles. The Morgan fingerprint density at radius 1 is 0.968 bits per heavy atom. The average Bonchev–Trinajstić information content (AvgIpc) is 3.19. The van der Waals surface area contributed by atoms with Gasteiger partial charge in [0.15, 0.2) is 0 Å². The molecule has 0 aliphatic heterocycles. The summed E-state index contributed by atoms with van der Waals surface area (Å²) in [6.45, 7) is 2.34. The minimum absolute atomic E-state index is 0.0304. The highest BCUT2D eigenvalue weighted by atomic mass is 79.9. The van der Waals surface area contributed by atoms with Gasteiger partial charge in [0.05, 0.1) is 4.90 Å². The molecule has 31 heavy (non-hydrogen) atoms. The number of aromatic nitrogens is 1.